The lowest BCUT2D eigenvalue weighted by Crippen LogP contribution is -2.14. The molecule has 0 saturated heterocycles. The van der Waals surface area contributed by atoms with Gasteiger partial charge in [-0.05, 0) is 12.1 Å². The van der Waals surface area contributed by atoms with E-state index in [-0.39, 0.29) is 12.4 Å². The van der Waals surface area contributed by atoms with Gasteiger partial charge in [-0.1, -0.05) is 22.0 Å². The molecule has 1 aromatic rings. The smallest absolute Gasteiger partial charge is 0.128 e. The molecule has 0 heterocycles. The number of aliphatic hydroxyl groups excluding tert-OH is 2. The molecule has 0 aliphatic rings. The van der Waals surface area contributed by atoms with Crippen LogP contribution in [0.4, 0.5) is 4.39 Å². The number of benzene rings is 1. The number of halogens is 2. The van der Waals surface area contributed by atoms with Crippen LogP contribution in [0, 0.1) is 5.82 Å². The molecular weight excluding hydrogens is 283 g/mol. The van der Waals surface area contributed by atoms with Crippen LogP contribution < -0.4 is 0 Å². The monoisotopic (exact) mass is 294 g/mol. The van der Waals surface area contributed by atoms with E-state index in [1.165, 1.54) is 17.8 Å². The molecule has 0 bridgehead atoms. The minimum Gasteiger partial charge on any atom is -0.394 e. The molecule has 0 aliphatic carbocycles. The third-order valence-corrected chi connectivity index (χ3v) is 3.69. The summed E-state index contributed by atoms with van der Waals surface area (Å²) in [6.07, 6.45) is -0.736. The quantitative estimate of drug-likeness (QED) is 0.874. The number of rotatable bonds is 5. The van der Waals surface area contributed by atoms with Crippen LogP contribution in [0.2, 0.25) is 0 Å². The van der Waals surface area contributed by atoms with Crippen molar-refractivity contribution in [2.45, 2.75) is 11.9 Å². The standard InChI is InChI=1S/C10H12BrFO2S/c11-9-2-1-3-10(12)8(9)6-15-5-7(14)4-13/h1-3,7,13-14H,4-6H2. The molecule has 2 N–H and O–H groups in total. The van der Waals surface area contributed by atoms with Gasteiger partial charge in [-0.2, -0.15) is 11.8 Å². The first kappa shape index (κ1) is 13.0. The van der Waals surface area contributed by atoms with Crippen molar-refractivity contribution < 1.29 is 14.6 Å². The van der Waals surface area contributed by atoms with Gasteiger partial charge in [-0.15, -0.1) is 0 Å². The molecule has 1 unspecified atom stereocenters. The van der Waals surface area contributed by atoms with Gasteiger partial charge in [0.2, 0.25) is 0 Å². The summed E-state index contributed by atoms with van der Waals surface area (Å²) in [7, 11) is 0. The number of aliphatic hydroxyl groups is 2. The van der Waals surface area contributed by atoms with Crippen molar-refractivity contribution in [3.63, 3.8) is 0 Å². The highest BCUT2D eigenvalue weighted by molar-refractivity contribution is 9.10. The molecule has 0 spiro atoms. The van der Waals surface area contributed by atoms with E-state index in [1.807, 2.05) is 0 Å². The summed E-state index contributed by atoms with van der Waals surface area (Å²) < 4.78 is 14.0. The van der Waals surface area contributed by atoms with Gasteiger partial charge in [0.05, 0.1) is 12.7 Å². The highest BCUT2D eigenvalue weighted by Crippen LogP contribution is 2.24. The minimum atomic E-state index is -0.736. The van der Waals surface area contributed by atoms with E-state index in [4.69, 9.17) is 10.2 Å². The normalized spacial score (nSPS) is 12.8. The molecule has 15 heavy (non-hydrogen) atoms. The lowest BCUT2D eigenvalue weighted by Gasteiger charge is -2.08. The van der Waals surface area contributed by atoms with Crippen LogP contribution in [0.3, 0.4) is 0 Å². The first-order valence-corrected chi connectivity index (χ1v) is 6.39. The molecule has 0 aliphatic heterocycles. The summed E-state index contributed by atoms with van der Waals surface area (Å²) in [4.78, 5) is 0. The highest BCUT2D eigenvalue weighted by atomic mass is 79.9. The van der Waals surface area contributed by atoms with E-state index >= 15 is 0 Å². The maximum atomic E-state index is 13.3. The Morgan fingerprint density at radius 2 is 2.20 bits per heavy atom. The fraction of sp³-hybridized carbons (Fsp3) is 0.400. The summed E-state index contributed by atoms with van der Waals surface area (Å²) in [6, 6.07) is 4.82. The molecule has 1 rings (SSSR count). The first-order valence-electron chi connectivity index (χ1n) is 4.44. The third kappa shape index (κ3) is 4.10. The zero-order valence-corrected chi connectivity index (χ0v) is 10.4. The van der Waals surface area contributed by atoms with Gasteiger partial charge in [0.25, 0.3) is 0 Å². The fourth-order valence-corrected chi connectivity index (χ4v) is 2.68. The van der Waals surface area contributed by atoms with Crippen LogP contribution in [-0.4, -0.2) is 28.7 Å². The fourth-order valence-electron chi connectivity index (χ4n) is 1.02. The maximum Gasteiger partial charge on any atom is 0.128 e. The zero-order valence-electron chi connectivity index (χ0n) is 7.99. The van der Waals surface area contributed by atoms with Crippen molar-refractivity contribution in [2.24, 2.45) is 0 Å². The number of hydrogen-bond acceptors (Lipinski definition) is 3. The molecule has 0 radical (unpaired) electrons. The van der Waals surface area contributed by atoms with Crippen molar-refractivity contribution in [1.29, 1.82) is 0 Å². The van der Waals surface area contributed by atoms with Crippen molar-refractivity contribution in [1.82, 2.24) is 0 Å². The first-order chi connectivity index (χ1) is 7.15. The lowest BCUT2D eigenvalue weighted by atomic mass is 10.2. The molecule has 1 aromatic carbocycles. The average Bonchev–Trinajstić information content (AvgIpc) is 2.22. The van der Waals surface area contributed by atoms with E-state index < -0.39 is 6.10 Å². The van der Waals surface area contributed by atoms with Crippen molar-refractivity contribution >= 4 is 27.7 Å². The molecule has 5 heteroatoms. The predicted molar refractivity (Wildman–Crippen MR) is 63.4 cm³/mol. The topological polar surface area (TPSA) is 40.5 Å². The van der Waals surface area contributed by atoms with Gasteiger partial charge in [-0.25, -0.2) is 4.39 Å². The van der Waals surface area contributed by atoms with Crippen molar-refractivity contribution in [3.05, 3.63) is 34.1 Å². The second kappa shape index (κ2) is 6.48. The molecular formula is C10H12BrFO2S. The SMILES string of the molecule is OCC(O)CSCc1c(F)cccc1Br. The van der Waals surface area contributed by atoms with E-state index in [2.05, 4.69) is 15.9 Å². The molecule has 2 nitrogen and oxygen atoms in total. The lowest BCUT2D eigenvalue weighted by molar-refractivity contribution is 0.113. The van der Waals surface area contributed by atoms with Gasteiger partial charge in [0.1, 0.15) is 5.82 Å². The molecule has 0 aromatic heterocycles. The Bertz CT molecular complexity index is 302. The van der Waals surface area contributed by atoms with Crippen LogP contribution in [0.1, 0.15) is 5.56 Å². The summed E-state index contributed by atoms with van der Waals surface area (Å²) in [5.74, 6) is 0.622. The van der Waals surface area contributed by atoms with Crippen LogP contribution in [0.25, 0.3) is 0 Å². The minimum absolute atomic E-state index is 0.254. The molecule has 1 atom stereocenters. The van der Waals surface area contributed by atoms with E-state index in [9.17, 15) is 4.39 Å². The maximum absolute atomic E-state index is 13.3. The Morgan fingerprint density at radius 1 is 1.47 bits per heavy atom. The van der Waals surface area contributed by atoms with Crippen LogP contribution >= 0.6 is 27.7 Å². The predicted octanol–water partition coefficient (Wildman–Crippen LogP) is 2.17. The Balaban J connectivity index is 2.50. The van der Waals surface area contributed by atoms with Gasteiger partial charge in [0.15, 0.2) is 0 Å². The molecule has 84 valence electrons. The Hall–Kier alpha value is -0.100. The van der Waals surface area contributed by atoms with Gasteiger partial charge in [-0.3, -0.25) is 0 Å². The molecule has 0 saturated carbocycles. The van der Waals surface area contributed by atoms with Gasteiger partial charge in [0, 0.05) is 21.5 Å². The number of hydrogen-bond donors (Lipinski definition) is 2. The summed E-state index contributed by atoms with van der Waals surface area (Å²) in [5, 5.41) is 17.7. The van der Waals surface area contributed by atoms with E-state index in [0.717, 1.165) is 4.47 Å². The zero-order chi connectivity index (χ0) is 11.3. The average molecular weight is 295 g/mol. The highest BCUT2D eigenvalue weighted by Gasteiger charge is 2.08. The van der Waals surface area contributed by atoms with Crippen LogP contribution in [0.5, 0.6) is 0 Å². The largest absolute Gasteiger partial charge is 0.394 e. The number of thioether (sulfide) groups is 1. The summed E-state index contributed by atoms with van der Waals surface area (Å²) >= 11 is 4.65. The second-order valence-electron chi connectivity index (χ2n) is 3.05. The third-order valence-electron chi connectivity index (χ3n) is 1.83. The molecule has 0 fully saturated rings. The summed E-state index contributed by atoms with van der Waals surface area (Å²) in [6.45, 7) is -0.258. The van der Waals surface area contributed by atoms with Crippen molar-refractivity contribution in [3.8, 4) is 0 Å². The summed E-state index contributed by atoms with van der Waals surface area (Å²) in [5.41, 5.74) is 0.590. The Morgan fingerprint density at radius 3 is 2.80 bits per heavy atom. The van der Waals surface area contributed by atoms with Gasteiger partial charge >= 0.3 is 0 Å². The molecule has 0 amide bonds. The Labute approximate surface area is 101 Å². The Kier molecular flexibility index (Phi) is 5.60. The second-order valence-corrected chi connectivity index (χ2v) is 4.94. The van der Waals surface area contributed by atoms with Crippen LogP contribution in [0.15, 0.2) is 22.7 Å². The van der Waals surface area contributed by atoms with Crippen LogP contribution in [-0.2, 0) is 5.75 Å². The van der Waals surface area contributed by atoms with Crippen molar-refractivity contribution in [2.75, 3.05) is 12.4 Å². The van der Waals surface area contributed by atoms with E-state index in [0.29, 0.717) is 17.1 Å². The van der Waals surface area contributed by atoms with E-state index in [1.54, 1.807) is 12.1 Å². The van der Waals surface area contributed by atoms with Gasteiger partial charge < -0.3 is 10.2 Å².